The lowest BCUT2D eigenvalue weighted by molar-refractivity contribution is 0.335. The number of fused-ring (bicyclic) bond motifs is 1. The molecule has 0 amide bonds. The van der Waals surface area contributed by atoms with Crippen molar-refractivity contribution in [2.45, 2.75) is 37.0 Å². The van der Waals surface area contributed by atoms with Gasteiger partial charge in [-0.3, -0.25) is 0 Å². The molecule has 0 aromatic rings. The van der Waals surface area contributed by atoms with Gasteiger partial charge in [-0.25, -0.2) is 0 Å². The van der Waals surface area contributed by atoms with Crippen molar-refractivity contribution in [2.24, 2.45) is 0 Å². The van der Waals surface area contributed by atoms with Crippen LogP contribution in [0.4, 0.5) is 0 Å². The Kier molecular flexibility index (Phi) is 1.18. The summed E-state index contributed by atoms with van der Waals surface area (Å²) < 4.78 is 5.38. The zero-order valence-corrected chi connectivity index (χ0v) is 6.26. The maximum Gasteiger partial charge on any atom is 0.264 e. The Labute approximate surface area is 57.2 Å². The number of hydrogen-bond acceptors (Lipinski definition) is 2. The lowest BCUT2D eigenvalue weighted by Gasteiger charge is -2.11. The molecule has 0 spiro atoms. The Balaban J connectivity index is 2.01. The first-order valence-electron chi connectivity index (χ1n) is 3.46. The minimum atomic E-state index is -0.0295. The van der Waals surface area contributed by atoms with E-state index in [1.54, 1.807) is 0 Å². The third-order valence-corrected chi connectivity index (χ3v) is 3.34. The summed E-state index contributed by atoms with van der Waals surface area (Å²) in [7, 11) is 0.0118. The summed E-state index contributed by atoms with van der Waals surface area (Å²) in [6.07, 6.45) is 5.22. The van der Waals surface area contributed by atoms with Gasteiger partial charge in [-0.1, -0.05) is 12.8 Å². The fourth-order valence-electron chi connectivity index (χ4n) is 1.60. The SMILES string of the molecule is O[Si]C12CCCCC1O2. The third-order valence-electron chi connectivity index (χ3n) is 2.27. The van der Waals surface area contributed by atoms with Crippen molar-refractivity contribution >= 4 is 9.76 Å². The van der Waals surface area contributed by atoms with Crippen LogP contribution in [0.5, 0.6) is 0 Å². The van der Waals surface area contributed by atoms with Gasteiger partial charge in [0.2, 0.25) is 0 Å². The highest BCUT2D eigenvalue weighted by Crippen LogP contribution is 2.46. The highest BCUT2D eigenvalue weighted by atomic mass is 28.2. The molecule has 2 unspecified atom stereocenters. The van der Waals surface area contributed by atoms with Crippen LogP contribution in [-0.2, 0) is 4.74 Å². The average molecular weight is 142 g/mol. The van der Waals surface area contributed by atoms with Crippen LogP contribution in [0.1, 0.15) is 25.7 Å². The molecule has 1 saturated carbocycles. The van der Waals surface area contributed by atoms with Crippen LogP contribution >= 0.6 is 0 Å². The fraction of sp³-hybridized carbons (Fsp3) is 1.00. The van der Waals surface area contributed by atoms with Crippen LogP contribution in [0, 0.1) is 0 Å². The van der Waals surface area contributed by atoms with E-state index in [0.29, 0.717) is 6.10 Å². The highest BCUT2D eigenvalue weighted by Gasteiger charge is 2.57. The van der Waals surface area contributed by atoms with E-state index in [2.05, 4.69) is 0 Å². The van der Waals surface area contributed by atoms with E-state index in [9.17, 15) is 0 Å². The van der Waals surface area contributed by atoms with Crippen LogP contribution in [0.25, 0.3) is 0 Å². The zero-order chi connectivity index (χ0) is 6.32. The predicted octanol–water partition coefficient (Wildman–Crippen LogP) is 0.267. The lowest BCUT2D eigenvalue weighted by Crippen LogP contribution is -2.26. The van der Waals surface area contributed by atoms with Crippen molar-refractivity contribution in [2.75, 3.05) is 0 Å². The first kappa shape index (κ1) is 5.89. The van der Waals surface area contributed by atoms with Crippen LogP contribution in [0.15, 0.2) is 0 Å². The molecule has 3 heteroatoms. The molecule has 1 aliphatic carbocycles. The summed E-state index contributed by atoms with van der Waals surface area (Å²) in [5.74, 6) is 0. The molecule has 2 rings (SSSR count). The number of ether oxygens (including phenoxy) is 1. The minimum Gasteiger partial charge on any atom is -0.429 e. The largest absolute Gasteiger partial charge is 0.429 e. The van der Waals surface area contributed by atoms with Crippen molar-refractivity contribution < 1.29 is 9.53 Å². The Morgan fingerprint density at radius 3 is 3.00 bits per heavy atom. The van der Waals surface area contributed by atoms with E-state index in [1.807, 2.05) is 0 Å². The molecule has 2 radical (unpaired) electrons. The summed E-state index contributed by atoms with van der Waals surface area (Å²) in [4.78, 5) is 8.89. The maximum atomic E-state index is 8.89. The second kappa shape index (κ2) is 1.81. The van der Waals surface area contributed by atoms with E-state index >= 15 is 0 Å². The molecule has 1 aliphatic heterocycles. The second-order valence-corrected chi connectivity index (χ2v) is 3.92. The lowest BCUT2D eigenvalue weighted by atomic mass is 10.0. The van der Waals surface area contributed by atoms with Gasteiger partial charge in [0.15, 0.2) is 0 Å². The Bertz CT molecular complexity index is 128. The van der Waals surface area contributed by atoms with Crippen molar-refractivity contribution in [1.29, 1.82) is 0 Å². The smallest absolute Gasteiger partial charge is 0.264 e. The topological polar surface area (TPSA) is 32.8 Å². The Hall–Kier alpha value is 0.137. The number of epoxide rings is 1. The molecule has 1 heterocycles. The summed E-state index contributed by atoms with van der Waals surface area (Å²) in [5, 5.41) is -0.0295. The molecule has 1 N–H and O–H groups in total. The first-order chi connectivity index (χ1) is 4.37. The molecule has 1 saturated heterocycles. The number of rotatable bonds is 1. The van der Waals surface area contributed by atoms with Crippen molar-refractivity contribution in [3.8, 4) is 0 Å². The molecule has 50 valence electrons. The summed E-state index contributed by atoms with van der Waals surface area (Å²) >= 11 is 0. The van der Waals surface area contributed by atoms with E-state index in [0.717, 1.165) is 6.42 Å². The van der Waals surface area contributed by atoms with Crippen LogP contribution in [0.2, 0.25) is 0 Å². The summed E-state index contributed by atoms with van der Waals surface area (Å²) in [6, 6.07) is 0. The monoisotopic (exact) mass is 142 g/mol. The molecule has 0 bridgehead atoms. The molecule has 0 aromatic heterocycles. The molecule has 2 aliphatic rings. The van der Waals surface area contributed by atoms with E-state index in [-0.39, 0.29) is 15.0 Å². The van der Waals surface area contributed by atoms with Gasteiger partial charge in [-0.2, -0.15) is 0 Å². The van der Waals surface area contributed by atoms with Gasteiger partial charge in [0.1, 0.15) is 5.22 Å². The van der Waals surface area contributed by atoms with Gasteiger partial charge in [-0.05, 0) is 12.8 Å². The molecule has 2 fully saturated rings. The van der Waals surface area contributed by atoms with E-state index < -0.39 is 0 Å². The number of hydrogen-bond donors (Lipinski definition) is 1. The zero-order valence-electron chi connectivity index (χ0n) is 5.26. The standard InChI is InChI=1S/C6H10O2Si/c7-9-6-4-2-1-3-5(6)8-6/h5,7H,1-4H2. The van der Waals surface area contributed by atoms with Crippen molar-refractivity contribution in [3.63, 3.8) is 0 Å². The average Bonchev–Trinajstić information content (AvgIpc) is 2.62. The Morgan fingerprint density at radius 1 is 1.56 bits per heavy atom. The van der Waals surface area contributed by atoms with Crippen molar-refractivity contribution in [3.05, 3.63) is 0 Å². The molecule has 2 atom stereocenters. The van der Waals surface area contributed by atoms with Crippen LogP contribution in [-0.4, -0.2) is 25.9 Å². The van der Waals surface area contributed by atoms with Gasteiger partial charge in [0.05, 0.1) is 6.10 Å². The predicted molar refractivity (Wildman–Crippen MR) is 34.0 cm³/mol. The second-order valence-electron chi connectivity index (χ2n) is 2.85. The molecular weight excluding hydrogens is 132 g/mol. The summed E-state index contributed by atoms with van der Waals surface area (Å²) in [5.41, 5.74) is 0. The minimum absolute atomic E-state index is 0.0118. The molecule has 9 heavy (non-hydrogen) atoms. The van der Waals surface area contributed by atoms with Gasteiger partial charge < -0.3 is 9.53 Å². The van der Waals surface area contributed by atoms with E-state index in [1.165, 1.54) is 19.3 Å². The third kappa shape index (κ3) is 0.756. The van der Waals surface area contributed by atoms with Crippen molar-refractivity contribution in [1.82, 2.24) is 0 Å². The molecular formula is C6H10O2Si. The van der Waals surface area contributed by atoms with Gasteiger partial charge in [-0.15, -0.1) is 0 Å². The highest BCUT2D eigenvalue weighted by molar-refractivity contribution is 6.32. The van der Waals surface area contributed by atoms with Crippen LogP contribution in [0.3, 0.4) is 0 Å². The fourth-order valence-corrected chi connectivity index (χ4v) is 2.38. The maximum absolute atomic E-state index is 8.89. The first-order valence-corrected chi connectivity index (χ1v) is 4.41. The van der Waals surface area contributed by atoms with Crippen LogP contribution < -0.4 is 0 Å². The van der Waals surface area contributed by atoms with Gasteiger partial charge in [0, 0.05) is 0 Å². The molecule has 0 aromatic carbocycles. The Morgan fingerprint density at radius 2 is 2.44 bits per heavy atom. The van der Waals surface area contributed by atoms with E-state index in [4.69, 9.17) is 9.53 Å². The van der Waals surface area contributed by atoms with Gasteiger partial charge in [0.25, 0.3) is 9.76 Å². The molecule has 2 nitrogen and oxygen atoms in total. The quantitative estimate of drug-likeness (QED) is 0.421. The summed E-state index contributed by atoms with van der Waals surface area (Å²) in [6.45, 7) is 0. The van der Waals surface area contributed by atoms with Gasteiger partial charge >= 0.3 is 0 Å². The normalized spacial score (nSPS) is 48.3.